The van der Waals surface area contributed by atoms with Gasteiger partial charge in [-0.2, -0.15) is 5.10 Å². The van der Waals surface area contributed by atoms with E-state index in [2.05, 4.69) is 10.5 Å². The van der Waals surface area contributed by atoms with E-state index >= 15 is 0 Å². The fourth-order valence-electron chi connectivity index (χ4n) is 2.05. The first-order valence-electron chi connectivity index (χ1n) is 7.25. The van der Waals surface area contributed by atoms with Crippen LogP contribution in [-0.2, 0) is 4.79 Å². The van der Waals surface area contributed by atoms with E-state index in [0.717, 1.165) is 0 Å². The highest BCUT2D eigenvalue weighted by Gasteiger charge is 2.16. The fraction of sp³-hybridized carbons (Fsp3) is 0.105. The molecular formula is C19H18N2O2. The van der Waals surface area contributed by atoms with Gasteiger partial charge in [0, 0.05) is 22.9 Å². The number of nitrogens with one attached hydrogen (secondary N) is 1. The van der Waals surface area contributed by atoms with E-state index < -0.39 is 0 Å². The Balaban J connectivity index is 2.37. The molecule has 4 heteroatoms. The molecule has 0 aromatic heterocycles. The van der Waals surface area contributed by atoms with Crippen molar-refractivity contribution in [3.8, 4) is 0 Å². The van der Waals surface area contributed by atoms with E-state index in [1.54, 1.807) is 19.1 Å². The van der Waals surface area contributed by atoms with Gasteiger partial charge in [0.1, 0.15) is 5.71 Å². The predicted molar refractivity (Wildman–Crippen MR) is 91.3 cm³/mol. The normalized spacial score (nSPS) is 11.9. The molecule has 0 fully saturated rings. The average Bonchev–Trinajstić information content (AvgIpc) is 2.56. The molecule has 0 unspecified atom stereocenters. The van der Waals surface area contributed by atoms with Crippen molar-refractivity contribution in [1.82, 2.24) is 5.43 Å². The van der Waals surface area contributed by atoms with Crippen molar-refractivity contribution in [2.45, 2.75) is 13.8 Å². The summed E-state index contributed by atoms with van der Waals surface area (Å²) in [6, 6.07) is 18.2. The topological polar surface area (TPSA) is 58.5 Å². The average molecular weight is 306 g/mol. The van der Waals surface area contributed by atoms with Gasteiger partial charge < -0.3 is 0 Å². The van der Waals surface area contributed by atoms with Gasteiger partial charge in [-0.15, -0.1) is 0 Å². The van der Waals surface area contributed by atoms with Crippen LogP contribution in [0.4, 0.5) is 0 Å². The Hall–Kier alpha value is -3.01. The minimum absolute atomic E-state index is 0.0825. The molecular weight excluding hydrogens is 288 g/mol. The molecule has 0 atom stereocenters. The zero-order valence-corrected chi connectivity index (χ0v) is 13.1. The van der Waals surface area contributed by atoms with Crippen molar-refractivity contribution >= 4 is 17.3 Å². The zero-order chi connectivity index (χ0) is 16.7. The van der Waals surface area contributed by atoms with Crippen LogP contribution in [0.5, 0.6) is 0 Å². The molecule has 2 aromatic rings. The maximum Gasteiger partial charge on any atom is 0.213 e. The molecule has 0 aliphatic heterocycles. The molecule has 2 aromatic carbocycles. The molecule has 23 heavy (non-hydrogen) atoms. The van der Waals surface area contributed by atoms with Gasteiger partial charge in [-0.05, 0) is 13.8 Å². The number of Topliss-reactive ketones (excluding diaryl/α,β-unsaturated/α-hetero) is 1. The summed E-state index contributed by atoms with van der Waals surface area (Å²) >= 11 is 0. The summed E-state index contributed by atoms with van der Waals surface area (Å²) < 4.78 is 0. The molecule has 0 bridgehead atoms. The van der Waals surface area contributed by atoms with E-state index in [-0.39, 0.29) is 11.6 Å². The highest BCUT2D eigenvalue weighted by atomic mass is 16.1. The van der Waals surface area contributed by atoms with Crippen LogP contribution in [0.1, 0.15) is 29.8 Å². The number of nitrogens with zero attached hydrogens (tertiary/aromatic N) is 1. The van der Waals surface area contributed by atoms with Crippen molar-refractivity contribution in [2.24, 2.45) is 5.10 Å². The number of ketones is 2. The molecule has 0 aliphatic carbocycles. The Morgan fingerprint density at radius 3 is 1.91 bits per heavy atom. The highest BCUT2D eigenvalue weighted by molar-refractivity contribution is 6.51. The summed E-state index contributed by atoms with van der Waals surface area (Å²) in [6.45, 7) is 3.18. The third-order valence-electron chi connectivity index (χ3n) is 3.06. The van der Waals surface area contributed by atoms with Crippen LogP contribution in [0.25, 0.3) is 0 Å². The lowest BCUT2D eigenvalue weighted by atomic mass is 10.0. The van der Waals surface area contributed by atoms with E-state index in [1.807, 2.05) is 48.5 Å². The van der Waals surface area contributed by atoms with Crippen molar-refractivity contribution in [1.29, 1.82) is 0 Å². The zero-order valence-electron chi connectivity index (χ0n) is 13.1. The van der Waals surface area contributed by atoms with E-state index in [0.29, 0.717) is 22.5 Å². The number of hydrogen-bond acceptors (Lipinski definition) is 4. The molecule has 0 spiro atoms. The van der Waals surface area contributed by atoms with Gasteiger partial charge in [-0.25, -0.2) is 0 Å². The molecule has 0 amide bonds. The number of hydrazone groups is 1. The maximum absolute atomic E-state index is 12.7. The number of allylic oxidation sites excluding steroid dienone is 2. The van der Waals surface area contributed by atoms with Crippen LogP contribution in [0, 0.1) is 0 Å². The number of rotatable bonds is 6. The third kappa shape index (κ3) is 4.74. The van der Waals surface area contributed by atoms with Crippen molar-refractivity contribution in [3.63, 3.8) is 0 Å². The smallest absolute Gasteiger partial charge is 0.213 e. The van der Waals surface area contributed by atoms with Crippen LogP contribution < -0.4 is 5.43 Å². The highest BCUT2D eigenvalue weighted by Crippen LogP contribution is 2.09. The number of carbonyl (C=O) groups excluding carboxylic acids is 2. The van der Waals surface area contributed by atoms with Crippen molar-refractivity contribution in [2.75, 3.05) is 0 Å². The second-order valence-electron chi connectivity index (χ2n) is 5.07. The Labute approximate surface area is 135 Å². The Kier molecular flexibility index (Phi) is 5.58. The molecule has 1 N–H and O–H groups in total. The number of benzene rings is 2. The predicted octanol–water partition coefficient (Wildman–Crippen LogP) is 3.36. The van der Waals surface area contributed by atoms with Crippen LogP contribution in [-0.4, -0.2) is 17.3 Å². The van der Waals surface area contributed by atoms with Crippen LogP contribution >= 0.6 is 0 Å². The molecule has 0 saturated heterocycles. The molecule has 116 valence electrons. The lowest BCUT2D eigenvalue weighted by Gasteiger charge is -2.07. The Bertz CT molecular complexity index is 747. The van der Waals surface area contributed by atoms with Gasteiger partial charge in [-0.3, -0.25) is 15.0 Å². The summed E-state index contributed by atoms with van der Waals surface area (Å²) in [5.41, 5.74) is 4.92. The molecule has 0 heterocycles. The fourth-order valence-corrected chi connectivity index (χ4v) is 2.05. The summed E-state index contributed by atoms with van der Waals surface area (Å²) in [7, 11) is 0. The van der Waals surface area contributed by atoms with E-state index in [9.17, 15) is 9.59 Å². The first-order chi connectivity index (χ1) is 11.1. The van der Waals surface area contributed by atoms with Gasteiger partial charge in [0.25, 0.3) is 0 Å². The first kappa shape index (κ1) is 16.4. The maximum atomic E-state index is 12.7. The molecule has 0 radical (unpaired) electrons. The number of hydrogen-bond donors (Lipinski definition) is 1. The van der Waals surface area contributed by atoms with Gasteiger partial charge in [0.2, 0.25) is 5.78 Å². The van der Waals surface area contributed by atoms with Crippen LogP contribution in [0.15, 0.2) is 77.5 Å². The molecule has 4 nitrogen and oxygen atoms in total. The van der Waals surface area contributed by atoms with E-state index in [4.69, 9.17) is 0 Å². The lowest BCUT2D eigenvalue weighted by molar-refractivity contribution is -0.112. The first-order valence-corrected chi connectivity index (χ1v) is 7.25. The quantitative estimate of drug-likeness (QED) is 0.385. The SMILES string of the molecule is CC(=O)/C=C(\C)N/N=C(/C(=O)c1ccccc1)c1ccccc1. The van der Waals surface area contributed by atoms with Crippen molar-refractivity contribution in [3.05, 3.63) is 83.6 Å². The van der Waals surface area contributed by atoms with Crippen LogP contribution in [0.2, 0.25) is 0 Å². The van der Waals surface area contributed by atoms with Gasteiger partial charge in [0.15, 0.2) is 5.78 Å². The van der Waals surface area contributed by atoms with Gasteiger partial charge >= 0.3 is 0 Å². The standard InChI is InChI=1S/C19H18N2O2/c1-14(13-15(2)22)20-21-18(16-9-5-3-6-10-16)19(23)17-11-7-4-8-12-17/h3-13,20H,1-2H3/b14-13+,21-18+. The van der Waals surface area contributed by atoms with E-state index in [1.165, 1.54) is 13.0 Å². The minimum Gasteiger partial charge on any atom is -0.295 e. The minimum atomic E-state index is -0.181. The summed E-state index contributed by atoms with van der Waals surface area (Å²) in [6.07, 6.45) is 1.43. The summed E-state index contributed by atoms with van der Waals surface area (Å²) in [5.74, 6) is -0.263. The van der Waals surface area contributed by atoms with Crippen molar-refractivity contribution < 1.29 is 9.59 Å². The molecule has 2 rings (SSSR count). The van der Waals surface area contributed by atoms with Gasteiger partial charge in [0.05, 0.1) is 0 Å². The lowest BCUT2D eigenvalue weighted by Crippen LogP contribution is -2.20. The number of carbonyl (C=O) groups is 2. The second kappa shape index (κ2) is 7.84. The molecule has 0 aliphatic rings. The van der Waals surface area contributed by atoms with Crippen LogP contribution in [0.3, 0.4) is 0 Å². The molecule has 0 saturated carbocycles. The monoisotopic (exact) mass is 306 g/mol. The Morgan fingerprint density at radius 2 is 1.39 bits per heavy atom. The second-order valence-corrected chi connectivity index (χ2v) is 5.07. The summed E-state index contributed by atoms with van der Waals surface area (Å²) in [4.78, 5) is 23.8. The largest absolute Gasteiger partial charge is 0.295 e. The van der Waals surface area contributed by atoms with Gasteiger partial charge in [-0.1, -0.05) is 60.7 Å². The Morgan fingerprint density at radius 1 is 0.870 bits per heavy atom. The summed E-state index contributed by atoms with van der Waals surface area (Å²) in [5, 5.41) is 4.22. The third-order valence-corrected chi connectivity index (χ3v) is 3.06.